The molecule has 1 aliphatic heterocycles. The van der Waals surface area contributed by atoms with Crippen LogP contribution in [0.2, 0.25) is 0 Å². The maximum Gasteiger partial charge on any atom is 0.335 e. The molecule has 10 heteroatoms. The van der Waals surface area contributed by atoms with Crippen molar-refractivity contribution < 1.29 is 33.4 Å². The second kappa shape index (κ2) is 12.2. The SMILES string of the molecule is CCOc1ccc(N2C(=O)NC(=O)/C(=C\c3ccc(OCC(=O)Nc4ccc(C)c(C)c4)c(OC)c3)C2=O)cc1. The summed E-state index contributed by atoms with van der Waals surface area (Å²) < 4.78 is 16.5. The van der Waals surface area contributed by atoms with Crippen LogP contribution in [-0.4, -0.2) is 44.1 Å². The molecule has 3 aromatic carbocycles. The average Bonchev–Trinajstić information content (AvgIpc) is 2.93. The van der Waals surface area contributed by atoms with E-state index in [9.17, 15) is 19.2 Å². The first kappa shape index (κ1) is 27.9. The van der Waals surface area contributed by atoms with E-state index in [1.165, 1.54) is 13.2 Å². The molecule has 0 unspecified atom stereocenters. The predicted molar refractivity (Wildman–Crippen MR) is 150 cm³/mol. The lowest BCUT2D eigenvalue weighted by Gasteiger charge is -2.26. The van der Waals surface area contributed by atoms with Crippen LogP contribution in [0, 0.1) is 13.8 Å². The van der Waals surface area contributed by atoms with Crippen molar-refractivity contribution in [2.24, 2.45) is 0 Å². The number of barbiturate groups is 1. The number of nitrogens with one attached hydrogen (secondary N) is 2. The normalized spacial score (nSPS) is 14.2. The monoisotopic (exact) mass is 543 g/mol. The molecule has 1 heterocycles. The molecule has 1 saturated heterocycles. The summed E-state index contributed by atoms with van der Waals surface area (Å²) in [5.74, 6) is -0.776. The fourth-order valence-electron chi connectivity index (χ4n) is 3.97. The van der Waals surface area contributed by atoms with Gasteiger partial charge in [0.2, 0.25) is 0 Å². The highest BCUT2D eigenvalue weighted by atomic mass is 16.5. The summed E-state index contributed by atoms with van der Waals surface area (Å²) in [6, 6.07) is 15.9. The van der Waals surface area contributed by atoms with Gasteiger partial charge in [0.25, 0.3) is 17.7 Å². The number of carbonyl (C=O) groups excluding carboxylic acids is 4. The highest BCUT2D eigenvalue weighted by molar-refractivity contribution is 6.39. The van der Waals surface area contributed by atoms with Crippen molar-refractivity contribution in [3.63, 3.8) is 0 Å². The molecule has 1 fully saturated rings. The van der Waals surface area contributed by atoms with Gasteiger partial charge < -0.3 is 19.5 Å². The average molecular weight is 544 g/mol. The van der Waals surface area contributed by atoms with E-state index in [1.807, 2.05) is 39.0 Å². The van der Waals surface area contributed by atoms with Gasteiger partial charge in [-0.05, 0) is 92.1 Å². The maximum absolute atomic E-state index is 13.2. The number of ether oxygens (including phenoxy) is 3. The summed E-state index contributed by atoms with van der Waals surface area (Å²) in [5.41, 5.74) is 3.34. The molecule has 0 aliphatic carbocycles. The molecule has 0 bridgehead atoms. The number of carbonyl (C=O) groups is 4. The quantitative estimate of drug-likeness (QED) is 0.303. The van der Waals surface area contributed by atoms with E-state index in [1.54, 1.807) is 42.5 Å². The molecule has 1 aliphatic rings. The van der Waals surface area contributed by atoms with Gasteiger partial charge in [-0.2, -0.15) is 0 Å². The zero-order valence-electron chi connectivity index (χ0n) is 22.6. The van der Waals surface area contributed by atoms with Crippen molar-refractivity contribution in [2.45, 2.75) is 20.8 Å². The van der Waals surface area contributed by atoms with Crippen LogP contribution >= 0.6 is 0 Å². The zero-order valence-corrected chi connectivity index (χ0v) is 22.6. The van der Waals surface area contributed by atoms with Crippen LogP contribution < -0.4 is 29.7 Å². The standard InChI is InChI=1S/C30H29N3O7/c1-5-39-23-11-9-22(10-12-23)33-29(36)24(28(35)32-30(33)37)15-20-7-13-25(26(16-20)38-4)40-17-27(34)31-21-8-6-18(2)19(3)14-21/h6-16H,5,17H2,1-4H3,(H,31,34)(H,32,35,37)/b24-15+. The Balaban J connectivity index is 1.49. The summed E-state index contributed by atoms with van der Waals surface area (Å²) >= 11 is 0. The molecule has 0 spiro atoms. The van der Waals surface area contributed by atoms with Crippen LogP contribution in [0.3, 0.4) is 0 Å². The summed E-state index contributed by atoms with van der Waals surface area (Å²) in [5, 5.41) is 4.98. The summed E-state index contributed by atoms with van der Waals surface area (Å²) in [6.07, 6.45) is 1.35. The van der Waals surface area contributed by atoms with E-state index in [4.69, 9.17) is 14.2 Å². The predicted octanol–water partition coefficient (Wildman–Crippen LogP) is 4.39. The number of nitrogens with zero attached hydrogens (tertiary/aromatic N) is 1. The van der Waals surface area contributed by atoms with Crippen LogP contribution in [0.4, 0.5) is 16.2 Å². The van der Waals surface area contributed by atoms with Crippen molar-refractivity contribution in [3.05, 3.63) is 82.9 Å². The Morgan fingerprint density at radius 1 is 0.925 bits per heavy atom. The number of benzene rings is 3. The fraction of sp³-hybridized carbons (Fsp3) is 0.200. The van der Waals surface area contributed by atoms with Gasteiger partial charge in [-0.3, -0.25) is 19.7 Å². The first-order valence-electron chi connectivity index (χ1n) is 12.5. The van der Waals surface area contributed by atoms with Crippen molar-refractivity contribution in [2.75, 3.05) is 30.5 Å². The highest BCUT2D eigenvalue weighted by Gasteiger charge is 2.36. The minimum atomic E-state index is -0.850. The van der Waals surface area contributed by atoms with Crippen LogP contribution in [0.5, 0.6) is 17.2 Å². The lowest BCUT2D eigenvalue weighted by Crippen LogP contribution is -2.54. The van der Waals surface area contributed by atoms with Gasteiger partial charge in [-0.1, -0.05) is 12.1 Å². The van der Waals surface area contributed by atoms with E-state index >= 15 is 0 Å². The van der Waals surface area contributed by atoms with Crippen LogP contribution in [0.15, 0.2) is 66.2 Å². The molecule has 0 aromatic heterocycles. The number of anilines is 2. The van der Waals surface area contributed by atoms with E-state index in [-0.39, 0.29) is 29.5 Å². The van der Waals surface area contributed by atoms with Crippen LogP contribution in [0.1, 0.15) is 23.6 Å². The summed E-state index contributed by atoms with van der Waals surface area (Å²) in [4.78, 5) is 51.5. The lowest BCUT2D eigenvalue weighted by atomic mass is 10.1. The third-order valence-electron chi connectivity index (χ3n) is 6.16. The minimum Gasteiger partial charge on any atom is -0.494 e. The Hall–Kier alpha value is -5.12. The Morgan fingerprint density at radius 2 is 1.68 bits per heavy atom. The molecule has 10 nitrogen and oxygen atoms in total. The van der Waals surface area contributed by atoms with Crippen molar-refractivity contribution >= 4 is 41.2 Å². The van der Waals surface area contributed by atoms with Gasteiger partial charge in [0.15, 0.2) is 18.1 Å². The number of methoxy groups -OCH3 is 1. The maximum atomic E-state index is 13.2. The zero-order chi connectivity index (χ0) is 28.8. The van der Waals surface area contributed by atoms with Gasteiger partial charge in [-0.15, -0.1) is 0 Å². The second-order valence-corrected chi connectivity index (χ2v) is 8.93. The van der Waals surface area contributed by atoms with E-state index in [0.29, 0.717) is 29.4 Å². The summed E-state index contributed by atoms with van der Waals surface area (Å²) in [7, 11) is 1.43. The van der Waals surface area contributed by atoms with E-state index < -0.39 is 17.8 Å². The fourth-order valence-corrected chi connectivity index (χ4v) is 3.97. The first-order valence-corrected chi connectivity index (χ1v) is 12.5. The second-order valence-electron chi connectivity index (χ2n) is 8.93. The van der Waals surface area contributed by atoms with Crippen LogP contribution in [-0.2, 0) is 14.4 Å². The molecule has 5 amide bonds. The topological polar surface area (TPSA) is 123 Å². The molecule has 206 valence electrons. The third-order valence-corrected chi connectivity index (χ3v) is 6.16. The molecule has 0 atom stereocenters. The third kappa shape index (κ3) is 6.29. The van der Waals surface area contributed by atoms with E-state index in [2.05, 4.69) is 10.6 Å². The van der Waals surface area contributed by atoms with Crippen molar-refractivity contribution in [3.8, 4) is 17.2 Å². The molecule has 0 saturated carbocycles. The molecular formula is C30H29N3O7. The number of rotatable bonds is 9. The van der Waals surface area contributed by atoms with Gasteiger partial charge in [0, 0.05) is 5.69 Å². The molecule has 3 aromatic rings. The number of imide groups is 2. The molecular weight excluding hydrogens is 514 g/mol. The minimum absolute atomic E-state index is 0.239. The highest BCUT2D eigenvalue weighted by Crippen LogP contribution is 2.30. The Morgan fingerprint density at radius 3 is 2.35 bits per heavy atom. The number of hydrogen-bond donors (Lipinski definition) is 2. The number of amides is 5. The van der Waals surface area contributed by atoms with Gasteiger partial charge in [0.05, 0.1) is 19.4 Å². The molecule has 4 rings (SSSR count). The number of aryl methyl sites for hydroxylation is 2. The first-order chi connectivity index (χ1) is 19.2. The smallest absolute Gasteiger partial charge is 0.335 e. The Kier molecular flexibility index (Phi) is 8.48. The summed E-state index contributed by atoms with van der Waals surface area (Å²) in [6.45, 7) is 6.00. The van der Waals surface area contributed by atoms with Crippen LogP contribution in [0.25, 0.3) is 6.08 Å². The van der Waals surface area contributed by atoms with Gasteiger partial charge in [0.1, 0.15) is 11.3 Å². The van der Waals surface area contributed by atoms with Crippen molar-refractivity contribution in [1.29, 1.82) is 0 Å². The molecule has 0 radical (unpaired) electrons. The number of urea groups is 1. The van der Waals surface area contributed by atoms with Gasteiger partial charge in [-0.25, -0.2) is 9.69 Å². The Bertz CT molecular complexity index is 1500. The largest absolute Gasteiger partial charge is 0.494 e. The molecule has 2 N–H and O–H groups in total. The van der Waals surface area contributed by atoms with E-state index in [0.717, 1.165) is 16.0 Å². The number of hydrogen-bond acceptors (Lipinski definition) is 7. The molecule has 40 heavy (non-hydrogen) atoms. The Labute approximate surface area is 231 Å². The van der Waals surface area contributed by atoms with Crippen molar-refractivity contribution in [1.82, 2.24) is 5.32 Å². The lowest BCUT2D eigenvalue weighted by molar-refractivity contribution is -0.122. The van der Waals surface area contributed by atoms with Gasteiger partial charge >= 0.3 is 6.03 Å².